The van der Waals surface area contributed by atoms with Crippen molar-refractivity contribution in [2.45, 2.75) is 27.2 Å². The van der Waals surface area contributed by atoms with Gasteiger partial charge in [-0.2, -0.15) is 0 Å². The van der Waals surface area contributed by atoms with Gasteiger partial charge in [0.2, 0.25) is 5.91 Å². The minimum absolute atomic E-state index is 0.235. The molecule has 1 aromatic carbocycles. The Kier molecular flexibility index (Phi) is 8.39. The third-order valence-electron chi connectivity index (χ3n) is 4.51. The minimum Gasteiger partial charge on any atom is -0.492 e. The maximum Gasteiger partial charge on any atom is 0.321 e. The first kappa shape index (κ1) is 21.0. The molecule has 0 aliphatic carbocycles. The summed E-state index contributed by atoms with van der Waals surface area (Å²) in [5.41, 5.74) is 1.09. The lowest BCUT2D eigenvalue weighted by atomic mass is 10.1. The van der Waals surface area contributed by atoms with E-state index in [2.05, 4.69) is 40.3 Å². The molecule has 1 fully saturated rings. The second-order valence-corrected chi connectivity index (χ2v) is 7.15. The molecule has 0 aromatic heterocycles. The standard InChI is InChI=1S/C20H32N4O3/c1-4-27-18-8-6-5-7-17(18)24-13-11-23(12-14-24)15-19(25)22-20(26)21-10-9-16(2)3/h5-8,16H,4,9-15H2,1-3H3,(H2,21,22,25,26). The van der Waals surface area contributed by atoms with E-state index in [1.165, 1.54) is 0 Å². The number of urea groups is 1. The number of piperazine rings is 1. The number of para-hydroxylation sites is 2. The Morgan fingerprint density at radius 3 is 2.52 bits per heavy atom. The lowest BCUT2D eigenvalue weighted by molar-refractivity contribution is -0.121. The van der Waals surface area contributed by atoms with E-state index in [4.69, 9.17) is 4.74 Å². The van der Waals surface area contributed by atoms with Gasteiger partial charge in [0.15, 0.2) is 0 Å². The smallest absolute Gasteiger partial charge is 0.321 e. The number of amides is 3. The zero-order chi connectivity index (χ0) is 19.6. The normalized spacial score (nSPS) is 14.9. The van der Waals surface area contributed by atoms with Gasteiger partial charge in [-0.1, -0.05) is 26.0 Å². The van der Waals surface area contributed by atoms with Gasteiger partial charge in [0, 0.05) is 32.7 Å². The van der Waals surface area contributed by atoms with E-state index in [-0.39, 0.29) is 12.5 Å². The second-order valence-electron chi connectivity index (χ2n) is 7.15. The molecule has 0 radical (unpaired) electrons. The van der Waals surface area contributed by atoms with Gasteiger partial charge in [0.1, 0.15) is 5.75 Å². The van der Waals surface area contributed by atoms with Crippen LogP contribution in [0.25, 0.3) is 0 Å². The van der Waals surface area contributed by atoms with Crippen molar-refractivity contribution < 1.29 is 14.3 Å². The molecular weight excluding hydrogens is 344 g/mol. The Labute approximate surface area is 162 Å². The fraction of sp³-hybridized carbons (Fsp3) is 0.600. The van der Waals surface area contributed by atoms with Gasteiger partial charge in [-0.25, -0.2) is 4.79 Å². The third-order valence-corrected chi connectivity index (χ3v) is 4.51. The molecule has 1 saturated heterocycles. The number of hydrogen-bond acceptors (Lipinski definition) is 5. The molecule has 0 atom stereocenters. The molecule has 150 valence electrons. The molecule has 1 aliphatic rings. The van der Waals surface area contributed by atoms with Crippen molar-refractivity contribution in [3.8, 4) is 5.75 Å². The fourth-order valence-corrected chi connectivity index (χ4v) is 3.03. The van der Waals surface area contributed by atoms with Gasteiger partial charge in [-0.05, 0) is 31.4 Å². The molecule has 7 nitrogen and oxygen atoms in total. The molecule has 2 N–H and O–H groups in total. The van der Waals surface area contributed by atoms with Crippen LogP contribution in [-0.4, -0.2) is 62.7 Å². The van der Waals surface area contributed by atoms with Crippen molar-refractivity contribution in [1.29, 1.82) is 0 Å². The highest BCUT2D eigenvalue weighted by molar-refractivity contribution is 5.95. The molecule has 1 aliphatic heterocycles. The van der Waals surface area contributed by atoms with Crippen molar-refractivity contribution in [3.63, 3.8) is 0 Å². The summed E-state index contributed by atoms with van der Waals surface area (Å²) >= 11 is 0. The van der Waals surface area contributed by atoms with Crippen LogP contribution in [0.15, 0.2) is 24.3 Å². The zero-order valence-electron chi connectivity index (χ0n) is 16.7. The van der Waals surface area contributed by atoms with Gasteiger partial charge < -0.3 is 15.0 Å². The predicted octanol–water partition coefficient (Wildman–Crippen LogP) is 2.08. The monoisotopic (exact) mass is 376 g/mol. The first-order valence-corrected chi connectivity index (χ1v) is 9.76. The van der Waals surface area contributed by atoms with E-state index >= 15 is 0 Å². The van der Waals surface area contributed by atoms with E-state index in [0.29, 0.717) is 19.1 Å². The van der Waals surface area contributed by atoms with Gasteiger partial charge >= 0.3 is 6.03 Å². The predicted molar refractivity (Wildman–Crippen MR) is 107 cm³/mol. The molecule has 3 amide bonds. The van der Waals surface area contributed by atoms with Crippen LogP contribution in [0.5, 0.6) is 5.75 Å². The number of nitrogens with zero attached hydrogens (tertiary/aromatic N) is 2. The summed E-state index contributed by atoms with van der Waals surface area (Å²) in [4.78, 5) is 28.1. The second kappa shape index (κ2) is 10.8. The number of hydrogen-bond donors (Lipinski definition) is 2. The highest BCUT2D eigenvalue weighted by Gasteiger charge is 2.21. The van der Waals surface area contributed by atoms with Gasteiger partial charge in [0.25, 0.3) is 0 Å². The lowest BCUT2D eigenvalue weighted by Crippen LogP contribution is -2.51. The van der Waals surface area contributed by atoms with Gasteiger partial charge in [-0.15, -0.1) is 0 Å². The lowest BCUT2D eigenvalue weighted by Gasteiger charge is -2.36. The molecule has 0 unspecified atom stereocenters. The molecule has 0 spiro atoms. The van der Waals surface area contributed by atoms with Gasteiger partial charge in [0.05, 0.1) is 18.8 Å². The van der Waals surface area contributed by atoms with Crippen LogP contribution in [0.4, 0.5) is 10.5 Å². The number of carbonyl (C=O) groups is 2. The summed E-state index contributed by atoms with van der Waals surface area (Å²) in [7, 11) is 0. The third kappa shape index (κ3) is 7.09. The van der Waals surface area contributed by atoms with Crippen molar-refractivity contribution in [3.05, 3.63) is 24.3 Å². The molecule has 1 aromatic rings. The molecule has 2 rings (SSSR count). The summed E-state index contributed by atoms with van der Waals surface area (Å²) < 4.78 is 5.71. The van der Waals surface area contributed by atoms with E-state index in [1.807, 2.05) is 25.1 Å². The number of rotatable bonds is 8. The number of anilines is 1. The number of carbonyl (C=O) groups excluding carboxylic acids is 2. The summed E-state index contributed by atoms with van der Waals surface area (Å²) in [6.45, 7) is 10.8. The van der Waals surface area contributed by atoms with Crippen molar-refractivity contribution in [2.24, 2.45) is 5.92 Å². The highest BCUT2D eigenvalue weighted by Crippen LogP contribution is 2.28. The van der Waals surface area contributed by atoms with E-state index < -0.39 is 6.03 Å². The van der Waals surface area contributed by atoms with Crippen LogP contribution >= 0.6 is 0 Å². The number of imide groups is 1. The number of benzene rings is 1. The summed E-state index contributed by atoms with van der Waals surface area (Å²) in [6.07, 6.45) is 0.896. The summed E-state index contributed by atoms with van der Waals surface area (Å²) in [5, 5.41) is 5.12. The Hall–Kier alpha value is -2.28. The maximum atomic E-state index is 12.1. The Morgan fingerprint density at radius 2 is 1.85 bits per heavy atom. The van der Waals surface area contributed by atoms with Crippen LogP contribution in [0.2, 0.25) is 0 Å². The Morgan fingerprint density at radius 1 is 1.15 bits per heavy atom. The fourth-order valence-electron chi connectivity index (χ4n) is 3.03. The van der Waals surface area contributed by atoms with Crippen molar-refractivity contribution >= 4 is 17.6 Å². The minimum atomic E-state index is -0.412. The summed E-state index contributed by atoms with van der Waals surface area (Å²) in [6, 6.07) is 7.62. The quantitative estimate of drug-likeness (QED) is 0.727. The van der Waals surface area contributed by atoms with E-state index in [0.717, 1.165) is 44.0 Å². The molecular formula is C20H32N4O3. The maximum absolute atomic E-state index is 12.1. The van der Waals surface area contributed by atoms with Crippen LogP contribution in [0, 0.1) is 5.92 Å². The van der Waals surface area contributed by atoms with Crippen LogP contribution in [0.1, 0.15) is 27.2 Å². The SMILES string of the molecule is CCOc1ccccc1N1CCN(CC(=O)NC(=O)NCCC(C)C)CC1. The average molecular weight is 377 g/mol. The molecule has 27 heavy (non-hydrogen) atoms. The van der Waals surface area contributed by atoms with Crippen molar-refractivity contribution in [1.82, 2.24) is 15.5 Å². The van der Waals surface area contributed by atoms with Crippen LogP contribution in [-0.2, 0) is 4.79 Å². The summed E-state index contributed by atoms with van der Waals surface area (Å²) in [5.74, 6) is 1.15. The zero-order valence-corrected chi connectivity index (χ0v) is 16.7. The highest BCUT2D eigenvalue weighted by atomic mass is 16.5. The largest absolute Gasteiger partial charge is 0.492 e. The number of nitrogens with one attached hydrogen (secondary N) is 2. The average Bonchev–Trinajstić information content (AvgIpc) is 2.63. The molecule has 0 bridgehead atoms. The molecule has 0 saturated carbocycles. The van der Waals surface area contributed by atoms with Gasteiger partial charge in [-0.3, -0.25) is 15.0 Å². The molecule has 1 heterocycles. The molecule has 7 heteroatoms. The first-order chi connectivity index (χ1) is 13.0. The van der Waals surface area contributed by atoms with Crippen LogP contribution in [0.3, 0.4) is 0 Å². The Bertz CT molecular complexity index is 613. The first-order valence-electron chi connectivity index (χ1n) is 9.76. The van der Waals surface area contributed by atoms with Crippen molar-refractivity contribution in [2.75, 3.05) is 50.8 Å². The van der Waals surface area contributed by atoms with E-state index in [1.54, 1.807) is 0 Å². The number of ether oxygens (including phenoxy) is 1. The van der Waals surface area contributed by atoms with E-state index in [9.17, 15) is 9.59 Å². The topological polar surface area (TPSA) is 73.9 Å². The van der Waals surface area contributed by atoms with Crippen LogP contribution < -0.4 is 20.3 Å². The Balaban J connectivity index is 1.74.